The molecule has 25 heavy (non-hydrogen) atoms. The SMILES string of the molecule is CCNC(=NCc1cccnc1N1CCOCC1)NC1CCCC1.I. The van der Waals surface area contributed by atoms with Crippen molar-refractivity contribution in [3.8, 4) is 0 Å². The van der Waals surface area contributed by atoms with E-state index in [1.807, 2.05) is 12.3 Å². The fourth-order valence-corrected chi connectivity index (χ4v) is 3.36. The summed E-state index contributed by atoms with van der Waals surface area (Å²) in [5.74, 6) is 1.96. The lowest BCUT2D eigenvalue weighted by Gasteiger charge is -2.29. The van der Waals surface area contributed by atoms with Gasteiger partial charge in [0.25, 0.3) is 0 Å². The number of anilines is 1. The number of pyridine rings is 1. The zero-order valence-electron chi connectivity index (χ0n) is 15.0. The van der Waals surface area contributed by atoms with E-state index in [4.69, 9.17) is 9.73 Å². The van der Waals surface area contributed by atoms with Crippen molar-refractivity contribution >= 4 is 35.8 Å². The van der Waals surface area contributed by atoms with Crippen LogP contribution in [0.1, 0.15) is 38.2 Å². The van der Waals surface area contributed by atoms with Crippen LogP contribution in [-0.4, -0.2) is 49.8 Å². The van der Waals surface area contributed by atoms with Crippen molar-refractivity contribution in [2.45, 2.75) is 45.2 Å². The average Bonchev–Trinajstić information content (AvgIpc) is 3.14. The average molecular weight is 459 g/mol. The first-order valence-electron chi connectivity index (χ1n) is 9.18. The smallest absolute Gasteiger partial charge is 0.191 e. The molecule has 6 nitrogen and oxygen atoms in total. The fourth-order valence-electron chi connectivity index (χ4n) is 3.36. The molecule has 0 unspecified atom stereocenters. The van der Waals surface area contributed by atoms with E-state index in [9.17, 15) is 0 Å². The number of nitrogens with one attached hydrogen (secondary N) is 2. The Kier molecular flexibility index (Phi) is 8.74. The Morgan fingerprint density at radius 2 is 2.08 bits per heavy atom. The van der Waals surface area contributed by atoms with Crippen molar-refractivity contribution in [2.75, 3.05) is 37.7 Å². The molecule has 0 amide bonds. The molecule has 2 N–H and O–H groups in total. The quantitative estimate of drug-likeness (QED) is 0.403. The minimum atomic E-state index is 0. The third-order valence-electron chi connectivity index (χ3n) is 4.63. The number of ether oxygens (including phenoxy) is 1. The predicted octanol–water partition coefficient (Wildman–Crippen LogP) is 2.53. The van der Waals surface area contributed by atoms with Crippen LogP contribution >= 0.6 is 24.0 Å². The highest BCUT2D eigenvalue weighted by Gasteiger charge is 2.17. The molecule has 1 saturated carbocycles. The number of nitrogens with zero attached hydrogens (tertiary/aromatic N) is 3. The van der Waals surface area contributed by atoms with E-state index in [1.165, 1.54) is 31.2 Å². The maximum atomic E-state index is 5.45. The lowest BCUT2D eigenvalue weighted by molar-refractivity contribution is 0.122. The van der Waals surface area contributed by atoms with E-state index >= 15 is 0 Å². The Morgan fingerprint density at radius 3 is 2.80 bits per heavy atom. The topological polar surface area (TPSA) is 61.8 Å². The molecule has 1 aromatic heterocycles. The van der Waals surface area contributed by atoms with Gasteiger partial charge in [0.2, 0.25) is 0 Å². The fraction of sp³-hybridized carbons (Fsp3) is 0.667. The summed E-state index contributed by atoms with van der Waals surface area (Å²) in [6.07, 6.45) is 6.99. The first kappa shape index (κ1) is 20.2. The molecule has 0 radical (unpaired) electrons. The zero-order chi connectivity index (χ0) is 16.6. The minimum Gasteiger partial charge on any atom is -0.378 e. The van der Waals surface area contributed by atoms with Crippen LogP contribution in [0.4, 0.5) is 5.82 Å². The van der Waals surface area contributed by atoms with Crippen molar-refractivity contribution in [3.63, 3.8) is 0 Å². The molecule has 2 aliphatic rings. The van der Waals surface area contributed by atoms with E-state index in [-0.39, 0.29) is 24.0 Å². The van der Waals surface area contributed by atoms with Gasteiger partial charge in [0.1, 0.15) is 5.82 Å². The molecule has 2 heterocycles. The number of aromatic nitrogens is 1. The molecule has 0 bridgehead atoms. The first-order chi connectivity index (χ1) is 11.9. The molecule has 1 saturated heterocycles. The largest absolute Gasteiger partial charge is 0.378 e. The first-order valence-corrected chi connectivity index (χ1v) is 9.18. The van der Waals surface area contributed by atoms with Crippen LogP contribution in [0.25, 0.3) is 0 Å². The van der Waals surface area contributed by atoms with Crippen molar-refractivity contribution in [1.82, 2.24) is 15.6 Å². The molecule has 1 aliphatic heterocycles. The van der Waals surface area contributed by atoms with Crippen LogP contribution in [0.5, 0.6) is 0 Å². The predicted molar refractivity (Wildman–Crippen MR) is 113 cm³/mol. The Hall–Kier alpha value is -1.09. The van der Waals surface area contributed by atoms with Gasteiger partial charge in [-0.05, 0) is 25.8 Å². The Morgan fingerprint density at radius 1 is 1.32 bits per heavy atom. The second kappa shape index (κ2) is 10.8. The Bertz CT molecular complexity index is 542. The van der Waals surface area contributed by atoms with Gasteiger partial charge >= 0.3 is 0 Å². The molecule has 0 aromatic carbocycles. The maximum absolute atomic E-state index is 5.45. The number of aliphatic imine (C=N–C) groups is 1. The monoisotopic (exact) mass is 459 g/mol. The Balaban J connectivity index is 0.00000225. The lowest BCUT2D eigenvalue weighted by atomic mass is 10.2. The normalized spacial score (nSPS) is 18.8. The van der Waals surface area contributed by atoms with Gasteiger partial charge in [0.05, 0.1) is 19.8 Å². The second-order valence-electron chi connectivity index (χ2n) is 6.41. The molecule has 0 atom stereocenters. The van der Waals surface area contributed by atoms with Gasteiger partial charge in [-0.1, -0.05) is 18.9 Å². The highest BCUT2D eigenvalue weighted by atomic mass is 127. The number of guanidine groups is 1. The van der Waals surface area contributed by atoms with Crippen LogP contribution < -0.4 is 15.5 Å². The molecule has 140 valence electrons. The number of morpholine rings is 1. The molecular formula is C18H30IN5O. The van der Waals surface area contributed by atoms with Gasteiger partial charge < -0.3 is 20.3 Å². The molecule has 3 rings (SSSR count). The van der Waals surface area contributed by atoms with Crippen LogP contribution in [0.3, 0.4) is 0 Å². The van der Waals surface area contributed by atoms with E-state index in [0.29, 0.717) is 12.6 Å². The number of hydrogen-bond acceptors (Lipinski definition) is 4. The number of hydrogen-bond donors (Lipinski definition) is 2. The summed E-state index contributed by atoms with van der Waals surface area (Å²) in [6, 6.07) is 4.68. The summed E-state index contributed by atoms with van der Waals surface area (Å²) in [6.45, 7) is 6.96. The van der Waals surface area contributed by atoms with Crippen LogP contribution in [0, 0.1) is 0 Å². The molecule has 1 aliphatic carbocycles. The number of halogens is 1. The third-order valence-corrected chi connectivity index (χ3v) is 4.63. The second-order valence-corrected chi connectivity index (χ2v) is 6.41. The van der Waals surface area contributed by atoms with Gasteiger partial charge in [-0.25, -0.2) is 9.98 Å². The van der Waals surface area contributed by atoms with E-state index < -0.39 is 0 Å². The standard InChI is InChI=1S/C18H29N5O.HI/c1-2-19-18(22-16-7-3-4-8-16)21-14-15-6-5-9-20-17(15)23-10-12-24-13-11-23;/h5-6,9,16H,2-4,7-8,10-14H2,1H3,(H2,19,21,22);1H. The van der Waals surface area contributed by atoms with E-state index in [0.717, 1.165) is 44.6 Å². The van der Waals surface area contributed by atoms with Crippen molar-refractivity contribution in [2.24, 2.45) is 4.99 Å². The van der Waals surface area contributed by atoms with Crippen LogP contribution in [-0.2, 0) is 11.3 Å². The molecular weight excluding hydrogens is 429 g/mol. The molecule has 0 spiro atoms. The Labute approximate surface area is 167 Å². The highest BCUT2D eigenvalue weighted by molar-refractivity contribution is 14.0. The third kappa shape index (κ3) is 5.99. The minimum absolute atomic E-state index is 0. The lowest BCUT2D eigenvalue weighted by Crippen LogP contribution is -2.42. The van der Waals surface area contributed by atoms with Crippen molar-refractivity contribution < 1.29 is 4.74 Å². The van der Waals surface area contributed by atoms with Crippen molar-refractivity contribution in [1.29, 1.82) is 0 Å². The summed E-state index contributed by atoms with van der Waals surface area (Å²) in [5.41, 5.74) is 1.17. The van der Waals surface area contributed by atoms with Crippen LogP contribution in [0.2, 0.25) is 0 Å². The zero-order valence-corrected chi connectivity index (χ0v) is 17.4. The summed E-state index contributed by atoms with van der Waals surface area (Å²) in [7, 11) is 0. The van der Waals surface area contributed by atoms with Gasteiger partial charge in [-0.15, -0.1) is 24.0 Å². The van der Waals surface area contributed by atoms with Gasteiger partial charge in [-0.2, -0.15) is 0 Å². The molecule has 7 heteroatoms. The summed E-state index contributed by atoms with van der Waals surface area (Å²) >= 11 is 0. The summed E-state index contributed by atoms with van der Waals surface area (Å²) < 4.78 is 5.45. The summed E-state index contributed by atoms with van der Waals surface area (Å²) in [5, 5.41) is 6.93. The van der Waals surface area contributed by atoms with Crippen LogP contribution in [0.15, 0.2) is 23.3 Å². The molecule has 1 aromatic rings. The molecule has 2 fully saturated rings. The summed E-state index contributed by atoms with van der Waals surface area (Å²) in [4.78, 5) is 11.7. The van der Waals surface area contributed by atoms with Gasteiger partial charge in [-0.3, -0.25) is 0 Å². The van der Waals surface area contributed by atoms with E-state index in [1.54, 1.807) is 0 Å². The maximum Gasteiger partial charge on any atom is 0.191 e. The van der Waals surface area contributed by atoms with Crippen molar-refractivity contribution in [3.05, 3.63) is 23.9 Å². The van der Waals surface area contributed by atoms with Gasteiger partial charge in [0, 0.05) is 37.4 Å². The highest BCUT2D eigenvalue weighted by Crippen LogP contribution is 2.20. The van der Waals surface area contributed by atoms with Gasteiger partial charge in [0.15, 0.2) is 5.96 Å². The number of rotatable bonds is 5. The van der Waals surface area contributed by atoms with E-state index in [2.05, 4.69) is 33.5 Å².